The zero-order valence-corrected chi connectivity index (χ0v) is 26.2. The molecule has 0 aliphatic carbocycles. The van der Waals surface area contributed by atoms with Crippen LogP contribution in [0, 0.1) is 0 Å². The van der Waals surface area contributed by atoms with Crippen molar-refractivity contribution in [2.24, 2.45) is 0 Å². The van der Waals surface area contributed by atoms with Crippen LogP contribution in [0.4, 0.5) is 11.4 Å². The topological polar surface area (TPSA) is 59.1 Å². The fourth-order valence-corrected chi connectivity index (χ4v) is 6.10. The number of thiocarbonyl (C=S) groups is 1. The summed E-state index contributed by atoms with van der Waals surface area (Å²) in [5, 5.41) is 2.33. The van der Waals surface area contributed by atoms with E-state index in [2.05, 4.69) is 34.1 Å². The molecule has 0 unspecified atom stereocenters. The molecule has 2 amide bonds. The molecule has 5 aromatic carbocycles. The van der Waals surface area contributed by atoms with Gasteiger partial charge in [-0.3, -0.25) is 19.4 Å². The number of rotatable bonds is 8. The normalized spacial score (nSPS) is 13.4. The molecule has 44 heavy (non-hydrogen) atoms. The van der Waals surface area contributed by atoms with E-state index < -0.39 is 11.8 Å². The number of anilines is 2. The fraction of sp³-hybridized carbons (Fsp3) is 0.0833. The van der Waals surface area contributed by atoms with Gasteiger partial charge in [-0.1, -0.05) is 78.9 Å². The van der Waals surface area contributed by atoms with Crippen molar-refractivity contribution < 1.29 is 19.1 Å². The van der Waals surface area contributed by atoms with Crippen LogP contribution >= 0.6 is 28.1 Å². The first-order chi connectivity index (χ1) is 21.5. The van der Waals surface area contributed by atoms with Gasteiger partial charge in [0.15, 0.2) is 16.6 Å². The van der Waals surface area contributed by atoms with Crippen LogP contribution in [0.15, 0.2) is 125 Å². The van der Waals surface area contributed by atoms with Crippen molar-refractivity contribution in [1.29, 1.82) is 0 Å². The molecule has 1 saturated heterocycles. The molecule has 5 aromatic rings. The Morgan fingerprint density at radius 1 is 0.750 bits per heavy atom. The highest BCUT2D eigenvalue weighted by Crippen LogP contribution is 2.39. The van der Waals surface area contributed by atoms with Crippen molar-refractivity contribution in [2.75, 3.05) is 16.4 Å². The highest BCUT2D eigenvalue weighted by molar-refractivity contribution is 9.10. The zero-order chi connectivity index (χ0) is 30.6. The van der Waals surface area contributed by atoms with Crippen LogP contribution in [-0.4, -0.2) is 23.5 Å². The Hall–Kier alpha value is -4.79. The Kier molecular flexibility index (Phi) is 8.54. The smallest absolute Gasteiger partial charge is 0.270 e. The molecular weight excluding hydrogens is 636 g/mol. The van der Waals surface area contributed by atoms with Gasteiger partial charge in [0.1, 0.15) is 12.2 Å². The molecule has 0 radical (unpaired) electrons. The molecule has 0 atom stereocenters. The van der Waals surface area contributed by atoms with Gasteiger partial charge in [0, 0.05) is 0 Å². The Bertz CT molecular complexity index is 1840. The van der Waals surface area contributed by atoms with E-state index in [-0.39, 0.29) is 10.7 Å². The summed E-state index contributed by atoms with van der Waals surface area (Å²) >= 11 is 9.36. The molecule has 6 rings (SSSR count). The van der Waals surface area contributed by atoms with Crippen molar-refractivity contribution in [3.05, 3.63) is 136 Å². The number of hydrogen-bond acceptors (Lipinski definition) is 5. The van der Waals surface area contributed by atoms with Gasteiger partial charge in [0.2, 0.25) is 0 Å². The lowest BCUT2D eigenvalue weighted by molar-refractivity contribution is -0.120. The summed E-state index contributed by atoms with van der Waals surface area (Å²) in [4.78, 5) is 30.6. The third kappa shape index (κ3) is 5.74. The second-order valence-electron chi connectivity index (χ2n) is 9.98. The number of amides is 2. The summed E-state index contributed by atoms with van der Waals surface area (Å²) in [6, 6.07) is 36.0. The molecule has 8 heteroatoms. The monoisotopic (exact) mass is 662 g/mol. The fourth-order valence-electron chi connectivity index (χ4n) is 5.15. The van der Waals surface area contributed by atoms with Gasteiger partial charge in [-0.05, 0) is 99.4 Å². The van der Waals surface area contributed by atoms with Crippen LogP contribution < -0.4 is 19.3 Å². The minimum absolute atomic E-state index is 0.0370. The molecule has 1 heterocycles. The van der Waals surface area contributed by atoms with E-state index in [1.165, 1.54) is 9.80 Å². The Balaban J connectivity index is 1.38. The van der Waals surface area contributed by atoms with Crippen LogP contribution in [0.1, 0.15) is 18.1 Å². The van der Waals surface area contributed by atoms with Crippen LogP contribution in [0.5, 0.6) is 11.5 Å². The largest absolute Gasteiger partial charge is 0.490 e. The summed E-state index contributed by atoms with van der Waals surface area (Å²) in [7, 11) is 0. The third-order valence-electron chi connectivity index (χ3n) is 7.17. The number of carbonyl (C=O) groups excluding carboxylic acids is 2. The van der Waals surface area contributed by atoms with Crippen molar-refractivity contribution in [3.63, 3.8) is 0 Å². The minimum atomic E-state index is -0.510. The number of halogens is 1. The quantitative estimate of drug-likeness (QED) is 0.0950. The summed E-state index contributed by atoms with van der Waals surface area (Å²) in [6.45, 7) is 2.61. The summed E-state index contributed by atoms with van der Waals surface area (Å²) in [6.07, 6.45) is 1.57. The number of hydrogen-bond donors (Lipinski definition) is 0. The summed E-state index contributed by atoms with van der Waals surface area (Å²) < 4.78 is 12.9. The van der Waals surface area contributed by atoms with Gasteiger partial charge < -0.3 is 9.47 Å². The van der Waals surface area contributed by atoms with E-state index in [9.17, 15) is 9.59 Å². The van der Waals surface area contributed by atoms with Crippen molar-refractivity contribution in [3.8, 4) is 11.5 Å². The predicted octanol–water partition coefficient (Wildman–Crippen LogP) is 8.33. The van der Waals surface area contributed by atoms with E-state index in [1.807, 2.05) is 67.6 Å². The lowest BCUT2D eigenvalue weighted by Gasteiger charge is -2.36. The lowest BCUT2D eigenvalue weighted by Crippen LogP contribution is -2.56. The van der Waals surface area contributed by atoms with Gasteiger partial charge in [0.05, 0.1) is 22.5 Å². The predicted molar refractivity (Wildman–Crippen MR) is 182 cm³/mol. The molecule has 0 spiro atoms. The van der Waals surface area contributed by atoms with E-state index in [0.717, 1.165) is 16.3 Å². The van der Waals surface area contributed by atoms with Crippen LogP contribution in [0.25, 0.3) is 16.8 Å². The Morgan fingerprint density at radius 2 is 1.34 bits per heavy atom. The second kappa shape index (κ2) is 12.8. The minimum Gasteiger partial charge on any atom is -0.490 e. The average molecular weight is 664 g/mol. The zero-order valence-electron chi connectivity index (χ0n) is 23.8. The SMILES string of the molecule is CCOc1cc(C=C2C(=O)N(c3ccccc3)C(=S)N(c3ccccc3)C2=O)cc(Br)c1OCc1cccc2ccccc12. The lowest BCUT2D eigenvalue weighted by atomic mass is 10.0. The number of para-hydroxylation sites is 2. The van der Waals surface area contributed by atoms with Crippen molar-refractivity contribution in [2.45, 2.75) is 13.5 Å². The van der Waals surface area contributed by atoms with Crippen molar-refractivity contribution in [1.82, 2.24) is 0 Å². The van der Waals surface area contributed by atoms with Gasteiger partial charge in [-0.25, -0.2) is 0 Å². The molecule has 1 aliphatic heterocycles. The Morgan fingerprint density at radius 3 is 1.98 bits per heavy atom. The molecule has 1 aliphatic rings. The molecule has 218 valence electrons. The van der Waals surface area contributed by atoms with Gasteiger partial charge >= 0.3 is 0 Å². The van der Waals surface area contributed by atoms with Gasteiger partial charge in [-0.15, -0.1) is 0 Å². The molecule has 0 bridgehead atoms. The first kappa shape index (κ1) is 29.3. The standard InChI is InChI=1S/C36H27BrN2O4S/c1-2-42-32-22-24(21-31(37)33(32)43-23-26-14-11-13-25-12-9-10-19-29(25)26)20-30-34(40)38(27-15-5-3-6-16-27)36(44)39(35(30)41)28-17-7-4-8-18-28/h3-22H,2,23H2,1H3. The molecule has 0 N–H and O–H groups in total. The van der Waals surface area contributed by atoms with Crippen molar-refractivity contribution >= 4 is 73.3 Å². The number of carbonyl (C=O) groups is 2. The second-order valence-corrected chi connectivity index (χ2v) is 11.2. The maximum atomic E-state index is 13.9. The van der Waals surface area contributed by atoms with Crippen LogP contribution in [0.3, 0.4) is 0 Å². The maximum absolute atomic E-state index is 13.9. The summed E-state index contributed by atoms with van der Waals surface area (Å²) in [5.74, 6) is -0.00579. The third-order valence-corrected chi connectivity index (χ3v) is 8.13. The summed E-state index contributed by atoms with van der Waals surface area (Å²) in [5.41, 5.74) is 2.72. The molecule has 0 aromatic heterocycles. The van der Waals surface area contributed by atoms with E-state index >= 15 is 0 Å². The van der Waals surface area contributed by atoms with E-state index in [4.69, 9.17) is 21.7 Å². The molecule has 6 nitrogen and oxygen atoms in total. The Labute approximate surface area is 269 Å². The highest BCUT2D eigenvalue weighted by atomic mass is 79.9. The van der Waals surface area contributed by atoms with E-state index in [1.54, 1.807) is 42.5 Å². The van der Waals surface area contributed by atoms with E-state index in [0.29, 0.717) is 46.1 Å². The number of nitrogens with zero attached hydrogens (tertiary/aromatic N) is 2. The maximum Gasteiger partial charge on any atom is 0.270 e. The van der Waals surface area contributed by atoms with Gasteiger partial charge in [0.25, 0.3) is 11.8 Å². The first-order valence-corrected chi connectivity index (χ1v) is 15.3. The van der Waals surface area contributed by atoms with Crippen LogP contribution in [-0.2, 0) is 16.2 Å². The molecular formula is C36H27BrN2O4S. The van der Waals surface area contributed by atoms with Crippen LogP contribution in [0.2, 0.25) is 0 Å². The number of benzene rings is 5. The number of fused-ring (bicyclic) bond motifs is 1. The molecule has 0 saturated carbocycles. The van der Waals surface area contributed by atoms with Gasteiger partial charge in [-0.2, -0.15) is 0 Å². The number of ether oxygens (including phenoxy) is 2. The highest BCUT2D eigenvalue weighted by Gasteiger charge is 2.41. The molecule has 1 fully saturated rings. The first-order valence-electron chi connectivity index (χ1n) is 14.1. The average Bonchev–Trinajstić information content (AvgIpc) is 3.04.